The summed E-state index contributed by atoms with van der Waals surface area (Å²) in [5, 5.41) is 32.9. The van der Waals surface area contributed by atoms with Crippen molar-refractivity contribution in [2.75, 3.05) is 25.1 Å². The lowest BCUT2D eigenvalue weighted by molar-refractivity contribution is -0.384. The number of nitrogens with zero attached hydrogens (tertiary/aromatic N) is 1. The quantitative estimate of drug-likeness (QED) is 0.535. The Bertz CT molecular complexity index is 471. The summed E-state index contributed by atoms with van der Waals surface area (Å²) >= 11 is 0. The third kappa shape index (κ3) is 3.19. The highest BCUT2D eigenvalue weighted by atomic mass is 16.6. The second-order valence-electron chi connectivity index (χ2n) is 4.65. The molecule has 2 rings (SSSR count). The summed E-state index contributed by atoms with van der Waals surface area (Å²) in [6.07, 6.45) is 0.494. The van der Waals surface area contributed by atoms with E-state index >= 15 is 0 Å². The molecule has 7 heteroatoms. The molecule has 0 spiro atoms. The molecule has 0 aliphatic carbocycles. The minimum absolute atomic E-state index is 0.0836. The van der Waals surface area contributed by atoms with E-state index in [-0.39, 0.29) is 31.1 Å². The molecule has 0 bridgehead atoms. The number of nitro benzene ring substituents is 1. The molecule has 1 atom stereocenters. The van der Waals surface area contributed by atoms with Crippen molar-refractivity contribution < 1.29 is 19.9 Å². The van der Waals surface area contributed by atoms with Gasteiger partial charge in [-0.3, -0.25) is 10.1 Å². The van der Waals surface area contributed by atoms with Crippen molar-refractivity contribution >= 4 is 11.4 Å². The van der Waals surface area contributed by atoms with Crippen molar-refractivity contribution in [1.82, 2.24) is 0 Å². The molecular formula is C12H16N2O5. The number of ether oxygens (including phenoxy) is 1. The smallest absolute Gasteiger partial charge is 0.292 e. The lowest BCUT2D eigenvalue weighted by Gasteiger charge is -2.21. The molecule has 1 heterocycles. The standard InChI is InChI=1S/C12H16N2O5/c15-6-9-1-2-11(14(17)18)10(5-9)13-7-12(16)3-4-19-8-12/h1-2,5,13,15-16H,3-4,6-8H2. The molecule has 1 aliphatic rings. The Morgan fingerprint density at radius 1 is 1.53 bits per heavy atom. The summed E-state index contributed by atoms with van der Waals surface area (Å²) < 4.78 is 5.11. The van der Waals surface area contributed by atoms with Gasteiger partial charge >= 0.3 is 0 Å². The molecule has 19 heavy (non-hydrogen) atoms. The van der Waals surface area contributed by atoms with Crippen molar-refractivity contribution in [1.29, 1.82) is 0 Å². The van der Waals surface area contributed by atoms with Gasteiger partial charge in [0, 0.05) is 25.6 Å². The molecule has 104 valence electrons. The molecule has 3 N–H and O–H groups in total. The number of nitro groups is 1. The number of hydrogen-bond acceptors (Lipinski definition) is 6. The van der Waals surface area contributed by atoms with Gasteiger partial charge in [0.15, 0.2) is 0 Å². The van der Waals surface area contributed by atoms with Crippen LogP contribution in [-0.4, -0.2) is 40.5 Å². The van der Waals surface area contributed by atoms with Crippen LogP contribution in [-0.2, 0) is 11.3 Å². The summed E-state index contributed by atoms with van der Waals surface area (Å²) in [6.45, 7) is 0.674. The first-order valence-electron chi connectivity index (χ1n) is 5.96. The Morgan fingerprint density at radius 3 is 2.89 bits per heavy atom. The minimum Gasteiger partial charge on any atom is -0.392 e. The van der Waals surface area contributed by atoms with Crippen molar-refractivity contribution in [2.24, 2.45) is 0 Å². The maximum Gasteiger partial charge on any atom is 0.292 e. The van der Waals surface area contributed by atoms with Crippen LogP contribution < -0.4 is 5.32 Å². The summed E-state index contributed by atoms with van der Waals surface area (Å²) in [4.78, 5) is 10.4. The molecule has 0 amide bonds. The zero-order chi connectivity index (χ0) is 13.9. The van der Waals surface area contributed by atoms with Crippen molar-refractivity contribution in [2.45, 2.75) is 18.6 Å². The molecule has 0 aromatic heterocycles. The maximum atomic E-state index is 10.9. The number of anilines is 1. The number of nitrogens with one attached hydrogen (secondary N) is 1. The Hall–Kier alpha value is -1.70. The van der Waals surface area contributed by atoms with Gasteiger partial charge in [-0.15, -0.1) is 0 Å². The van der Waals surface area contributed by atoms with E-state index in [0.29, 0.717) is 18.6 Å². The summed E-state index contributed by atoms with van der Waals surface area (Å²) in [7, 11) is 0. The van der Waals surface area contributed by atoms with Gasteiger partial charge in [0.2, 0.25) is 0 Å². The number of benzene rings is 1. The Labute approximate surface area is 110 Å². The first-order valence-corrected chi connectivity index (χ1v) is 5.96. The fraction of sp³-hybridized carbons (Fsp3) is 0.500. The molecule has 1 saturated heterocycles. The van der Waals surface area contributed by atoms with Crippen molar-refractivity contribution in [3.8, 4) is 0 Å². The van der Waals surface area contributed by atoms with Crippen LogP contribution in [0.15, 0.2) is 18.2 Å². The molecule has 0 saturated carbocycles. The van der Waals surface area contributed by atoms with Gasteiger partial charge in [0.05, 0.1) is 18.1 Å². The molecule has 0 radical (unpaired) electrons. The van der Waals surface area contributed by atoms with Gasteiger partial charge in [0.1, 0.15) is 11.3 Å². The molecule has 1 aromatic carbocycles. The first kappa shape index (κ1) is 13.7. The highest BCUT2D eigenvalue weighted by molar-refractivity contribution is 5.62. The molecule has 7 nitrogen and oxygen atoms in total. The van der Waals surface area contributed by atoms with Gasteiger partial charge in [-0.2, -0.15) is 0 Å². The summed E-state index contributed by atoms with van der Waals surface area (Å²) in [5.74, 6) is 0. The Balaban J connectivity index is 2.15. The number of rotatable bonds is 5. The van der Waals surface area contributed by atoms with Crippen molar-refractivity contribution in [3.05, 3.63) is 33.9 Å². The third-order valence-corrected chi connectivity index (χ3v) is 3.13. The predicted molar refractivity (Wildman–Crippen MR) is 67.9 cm³/mol. The average molecular weight is 268 g/mol. The molecule has 1 unspecified atom stereocenters. The van der Waals surface area contributed by atoms with Gasteiger partial charge < -0.3 is 20.3 Å². The monoisotopic (exact) mass is 268 g/mol. The highest BCUT2D eigenvalue weighted by Crippen LogP contribution is 2.27. The number of hydrogen-bond donors (Lipinski definition) is 3. The van der Waals surface area contributed by atoms with Crippen LogP contribution in [0, 0.1) is 10.1 Å². The van der Waals surface area contributed by atoms with Crippen LogP contribution in [0.25, 0.3) is 0 Å². The normalized spacial score (nSPS) is 22.4. The van der Waals surface area contributed by atoms with Crippen LogP contribution in [0.3, 0.4) is 0 Å². The topological polar surface area (TPSA) is 105 Å². The molecule has 1 fully saturated rings. The number of aliphatic hydroxyl groups excluding tert-OH is 1. The SMILES string of the molecule is O=[N+]([O-])c1ccc(CO)cc1NCC1(O)CCOC1. The second-order valence-corrected chi connectivity index (χ2v) is 4.65. The fourth-order valence-corrected chi connectivity index (χ4v) is 1.98. The zero-order valence-corrected chi connectivity index (χ0v) is 10.3. The first-order chi connectivity index (χ1) is 9.04. The van der Waals surface area contributed by atoms with E-state index in [2.05, 4.69) is 5.32 Å². The minimum atomic E-state index is -0.997. The van der Waals surface area contributed by atoms with E-state index < -0.39 is 10.5 Å². The van der Waals surface area contributed by atoms with E-state index in [9.17, 15) is 15.2 Å². The van der Waals surface area contributed by atoms with Crippen LogP contribution in [0.1, 0.15) is 12.0 Å². The maximum absolute atomic E-state index is 10.9. The van der Waals surface area contributed by atoms with Gasteiger partial charge in [-0.25, -0.2) is 0 Å². The van der Waals surface area contributed by atoms with E-state index in [0.717, 1.165) is 0 Å². The summed E-state index contributed by atoms with van der Waals surface area (Å²) in [5.41, 5.74) is -0.220. The predicted octanol–water partition coefficient (Wildman–Crippen LogP) is 0.650. The summed E-state index contributed by atoms with van der Waals surface area (Å²) in [6, 6.07) is 4.34. The Morgan fingerprint density at radius 2 is 2.32 bits per heavy atom. The highest BCUT2D eigenvalue weighted by Gasteiger charge is 2.32. The van der Waals surface area contributed by atoms with Crippen molar-refractivity contribution in [3.63, 3.8) is 0 Å². The lowest BCUT2D eigenvalue weighted by Crippen LogP contribution is -2.37. The van der Waals surface area contributed by atoms with Gasteiger partial charge in [-0.05, 0) is 17.7 Å². The average Bonchev–Trinajstić information content (AvgIpc) is 2.83. The van der Waals surface area contributed by atoms with Gasteiger partial charge in [-0.1, -0.05) is 0 Å². The van der Waals surface area contributed by atoms with Crippen LogP contribution in [0.5, 0.6) is 0 Å². The van der Waals surface area contributed by atoms with Crippen LogP contribution in [0.2, 0.25) is 0 Å². The molecule has 1 aromatic rings. The number of aliphatic hydroxyl groups is 2. The zero-order valence-electron chi connectivity index (χ0n) is 10.3. The third-order valence-electron chi connectivity index (χ3n) is 3.13. The van der Waals surface area contributed by atoms with Crippen LogP contribution >= 0.6 is 0 Å². The molecule has 1 aliphatic heterocycles. The van der Waals surface area contributed by atoms with E-state index in [1.54, 1.807) is 0 Å². The lowest BCUT2D eigenvalue weighted by atomic mass is 10.0. The Kier molecular flexibility index (Phi) is 3.98. The van der Waals surface area contributed by atoms with E-state index in [1.807, 2.05) is 0 Å². The van der Waals surface area contributed by atoms with Crippen LogP contribution in [0.4, 0.5) is 11.4 Å². The fourth-order valence-electron chi connectivity index (χ4n) is 1.98. The molecular weight excluding hydrogens is 252 g/mol. The van der Waals surface area contributed by atoms with E-state index in [1.165, 1.54) is 18.2 Å². The second kappa shape index (κ2) is 5.52. The van der Waals surface area contributed by atoms with E-state index in [4.69, 9.17) is 9.84 Å². The largest absolute Gasteiger partial charge is 0.392 e. The van der Waals surface area contributed by atoms with Gasteiger partial charge in [0.25, 0.3) is 5.69 Å².